The van der Waals surface area contributed by atoms with Crippen LogP contribution < -0.4 is 0 Å². The second-order valence-corrected chi connectivity index (χ2v) is 2.31. The molecule has 0 aliphatic rings. The van der Waals surface area contributed by atoms with E-state index in [0.717, 1.165) is 0 Å². The van der Waals surface area contributed by atoms with E-state index in [-0.39, 0.29) is 5.82 Å². The van der Waals surface area contributed by atoms with E-state index >= 15 is 0 Å². The Hall–Kier alpha value is -1.47. The van der Waals surface area contributed by atoms with Gasteiger partial charge in [-0.2, -0.15) is 0 Å². The van der Waals surface area contributed by atoms with Gasteiger partial charge in [-0.15, -0.1) is 0 Å². The van der Waals surface area contributed by atoms with E-state index in [4.69, 9.17) is 0 Å². The maximum Gasteiger partial charge on any atom is 0.234 e. The fourth-order valence-electron chi connectivity index (χ4n) is 0.923. The Morgan fingerprint density at radius 2 is 2.17 bits per heavy atom. The van der Waals surface area contributed by atoms with Crippen LogP contribution in [0.5, 0.6) is 0 Å². The van der Waals surface area contributed by atoms with Crippen molar-refractivity contribution in [2.75, 3.05) is 6.54 Å². The summed E-state index contributed by atoms with van der Waals surface area (Å²) in [6.07, 6.45) is 1.86. The van der Waals surface area contributed by atoms with Crippen LogP contribution in [-0.4, -0.2) is 12.6 Å². The van der Waals surface area contributed by atoms with Crippen LogP contribution >= 0.6 is 0 Å². The molecule has 0 fully saturated rings. The highest BCUT2D eigenvalue weighted by molar-refractivity contribution is 5.33. The first-order valence-electron chi connectivity index (χ1n) is 3.61. The van der Waals surface area contributed by atoms with Gasteiger partial charge >= 0.3 is 0 Å². The molecule has 0 bridgehead atoms. The molecule has 1 aromatic carbocycles. The van der Waals surface area contributed by atoms with Crippen LogP contribution in [-0.2, 0) is 11.2 Å². The number of hydrogen-bond donors (Lipinski definition) is 0. The number of rotatable bonds is 3. The molecular weight excluding hydrogens is 157 g/mol. The summed E-state index contributed by atoms with van der Waals surface area (Å²) in [7, 11) is 0. The van der Waals surface area contributed by atoms with Gasteiger partial charge in [-0.3, -0.25) is 0 Å². The van der Waals surface area contributed by atoms with E-state index in [9.17, 15) is 9.18 Å². The Labute approximate surface area is 69.7 Å². The van der Waals surface area contributed by atoms with E-state index in [1.807, 2.05) is 0 Å². The van der Waals surface area contributed by atoms with Gasteiger partial charge in [-0.25, -0.2) is 14.2 Å². The molecule has 0 atom stereocenters. The molecule has 0 saturated carbocycles. The summed E-state index contributed by atoms with van der Waals surface area (Å²) in [4.78, 5) is 13.0. The minimum Gasteiger partial charge on any atom is -0.211 e. The molecule has 0 N–H and O–H groups in total. The number of benzene rings is 1. The summed E-state index contributed by atoms with van der Waals surface area (Å²) in [5.41, 5.74) is 0.580. The van der Waals surface area contributed by atoms with Gasteiger partial charge in [0.15, 0.2) is 0 Å². The lowest BCUT2D eigenvalue weighted by atomic mass is 10.1. The summed E-state index contributed by atoms with van der Waals surface area (Å²) in [6, 6.07) is 6.44. The third kappa shape index (κ3) is 2.29. The van der Waals surface area contributed by atoms with Crippen LogP contribution in [0.1, 0.15) is 5.56 Å². The Morgan fingerprint density at radius 3 is 2.83 bits per heavy atom. The Morgan fingerprint density at radius 1 is 1.42 bits per heavy atom. The van der Waals surface area contributed by atoms with Crippen molar-refractivity contribution >= 4 is 6.08 Å². The van der Waals surface area contributed by atoms with Crippen LogP contribution in [0.3, 0.4) is 0 Å². The summed E-state index contributed by atoms with van der Waals surface area (Å²) >= 11 is 0. The number of isocyanates is 1. The minimum absolute atomic E-state index is 0.251. The van der Waals surface area contributed by atoms with Crippen molar-refractivity contribution in [3.63, 3.8) is 0 Å². The Kier molecular flexibility index (Phi) is 3.17. The molecule has 62 valence electrons. The van der Waals surface area contributed by atoms with E-state index < -0.39 is 0 Å². The molecule has 0 radical (unpaired) electrons. The van der Waals surface area contributed by atoms with Crippen molar-refractivity contribution in [1.29, 1.82) is 0 Å². The third-order valence-electron chi connectivity index (χ3n) is 1.52. The molecular formula is C9H8FNO. The second-order valence-electron chi connectivity index (χ2n) is 2.31. The molecule has 1 rings (SSSR count). The molecule has 0 heterocycles. The van der Waals surface area contributed by atoms with Gasteiger partial charge in [-0.1, -0.05) is 18.2 Å². The first-order chi connectivity index (χ1) is 5.84. The zero-order chi connectivity index (χ0) is 8.81. The van der Waals surface area contributed by atoms with Crippen molar-refractivity contribution in [3.05, 3.63) is 35.6 Å². The summed E-state index contributed by atoms with van der Waals surface area (Å²) < 4.78 is 12.9. The van der Waals surface area contributed by atoms with Crippen molar-refractivity contribution in [2.24, 2.45) is 4.99 Å². The van der Waals surface area contributed by atoms with Gasteiger partial charge < -0.3 is 0 Å². The van der Waals surface area contributed by atoms with Crippen LogP contribution in [0.2, 0.25) is 0 Å². The minimum atomic E-state index is -0.251. The average Bonchev–Trinajstić information content (AvgIpc) is 2.09. The molecule has 0 aromatic heterocycles. The van der Waals surface area contributed by atoms with E-state index in [2.05, 4.69) is 4.99 Å². The average molecular weight is 165 g/mol. The first kappa shape index (κ1) is 8.62. The molecule has 3 heteroatoms. The zero-order valence-corrected chi connectivity index (χ0v) is 6.46. The van der Waals surface area contributed by atoms with Crippen molar-refractivity contribution < 1.29 is 9.18 Å². The zero-order valence-electron chi connectivity index (χ0n) is 6.46. The maximum atomic E-state index is 12.9. The highest BCUT2D eigenvalue weighted by Gasteiger charge is 1.97. The number of nitrogens with zero attached hydrogens (tertiary/aromatic N) is 1. The molecule has 0 aliphatic heterocycles. The van der Waals surface area contributed by atoms with Crippen molar-refractivity contribution in [1.82, 2.24) is 0 Å². The monoisotopic (exact) mass is 165 g/mol. The maximum absolute atomic E-state index is 12.9. The lowest BCUT2D eigenvalue weighted by Gasteiger charge is -1.97. The van der Waals surface area contributed by atoms with Crippen LogP contribution in [0.4, 0.5) is 4.39 Å². The molecule has 0 saturated heterocycles. The number of hydrogen-bond acceptors (Lipinski definition) is 2. The van der Waals surface area contributed by atoms with E-state index in [1.54, 1.807) is 18.2 Å². The Bertz CT molecular complexity index is 305. The normalized spacial score (nSPS) is 9.08. The van der Waals surface area contributed by atoms with Gasteiger partial charge in [0.2, 0.25) is 6.08 Å². The lowest BCUT2D eigenvalue weighted by molar-refractivity contribution is 0.562. The molecule has 12 heavy (non-hydrogen) atoms. The standard InChI is InChI=1S/C9H8FNO/c10-9-4-2-1-3-8(9)5-6-11-7-12/h1-4H,5-6H2. The number of halogens is 1. The van der Waals surface area contributed by atoms with Gasteiger partial charge in [-0.05, 0) is 18.1 Å². The smallest absolute Gasteiger partial charge is 0.211 e. The molecule has 0 amide bonds. The fraction of sp³-hybridized carbons (Fsp3) is 0.222. The largest absolute Gasteiger partial charge is 0.234 e. The second kappa shape index (κ2) is 4.42. The molecule has 0 unspecified atom stereocenters. The van der Waals surface area contributed by atoms with Gasteiger partial charge in [0.25, 0.3) is 0 Å². The predicted molar refractivity (Wildman–Crippen MR) is 43.1 cm³/mol. The van der Waals surface area contributed by atoms with Crippen LogP contribution in [0, 0.1) is 5.82 Å². The summed E-state index contributed by atoms with van der Waals surface area (Å²) in [5, 5.41) is 0. The molecule has 0 aliphatic carbocycles. The fourth-order valence-corrected chi connectivity index (χ4v) is 0.923. The highest BCUT2D eigenvalue weighted by Crippen LogP contribution is 2.06. The van der Waals surface area contributed by atoms with Gasteiger partial charge in [0.05, 0.1) is 6.54 Å². The first-order valence-corrected chi connectivity index (χ1v) is 3.61. The van der Waals surface area contributed by atoms with Crippen molar-refractivity contribution in [3.8, 4) is 0 Å². The summed E-state index contributed by atoms with van der Waals surface area (Å²) in [6.45, 7) is 0.296. The lowest BCUT2D eigenvalue weighted by Crippen LogP contribution is -1.92. The Balaban J connectivity index is 2.62. The van der Waals surface area contributed by atoms with E-state index in [0.29, 0.717) is 18.5 Å². The predicted octanol–water partition coefficient (Wildman–Crippen LogP) is 1.70. The number of aliphatic imine (C=N–C) groups is 1. The summed E-state index contributed by atoms with van der Waals surface area (Å²) in [5.74, 6) is -0.251. The van der Waals surface area contributed by atoms with Gasteiger partial charge in [0, 0.05) is 0 Å². The van der Waals surface area contributed by atoms with Crippen LogP contribution in [0.25, 0.3) is 0 Å². The molecule has 0 spiro atoms. The highest BCUT2D eigenvalue weighted by atomic mass is 19.1. The molecule has 2 nitrogen and oxygen atoms in total. The topological polar surface area (TPSA) is 29.4 Å². The van der Waals surface area contributed by atoms with Gasteiger partial charge in [0.1, 0.15) is 5.82 Å². The van der Waals surface area contributed by atoms with E-state index in [1.165, 1.54) is 12.1 Å². The number of carbonyl (C=O) groups excluding carboxylic acids is 1. The van der Waals surface area contributed by atoms with Crippen LogP contribution in [0.15, 0.2) is 29.3 Å². The molecule has 1 aromatic rings. The SMILES string of the molecule is O=C=NCCc1ccccc1F. The third-order valence-corrected chi connectivity index (χ3v) is 1.52. The quantitative estimate of drug-likeness (QED) is 0.495. The van der Waals surface area contributed by atoms with Crippen molar-refractivity contribution in [2.45, 2.75) is 6.42 Å².